The number of rotatable bonds is 4. The van der Waals surface area contributed by atoms with Crippen molar-refractivity contribution in [1.29, 1.82) is 0 Å². The van der Waals surface area contributed by atoms with E-state index >= 15 is 0 Å². The second kappa shape index (κ2) is 5.99. The zero-order valence-corrected chi connectivity index (χ0v) is 12.8. The molecule has 1 heterocycles. The normalized spacial score (nSPS) is 33.0. The lowest BCUT2D eigenvalue weighted by Gasteiger charge is -2.40. The molecule has 0 aromatic carbocycles. The second-order valence-electron chi connectivity index (χ2n) is 5.99. The average Bonchev–Trinajstić information content (AvgIpc) is 2.42. The van der Waals surface area contributed by atoms with Crippen molar-refractivity contribution in [2.45, 2.75) is 57.4 Å². The van der Waals surface area contributed by atoms with Gasteiger partial charge in [-0.2, -0.15) is 17.4 Å². The van der Waals surface area contributed by atoms with Crippen molar-refractivity contribution in [2.24, 2.45) is 5.92 Å². The number of carboxylic acid groups (broad SMARTS) is 1. The van der Waals surface area contributed by atoms with Crippen molar-refractivity contribution < 1.29 is 18.3 Å². The van der Waals surface area contributed by atoms with Gasteiger partial charge in [0.1, 0.15) is 5.54 Å². The topological polar surface area (TPSA) is 86.7 Å². The first-order valence-electron chi connectivity index (χ1n) is 7.41. The van der Waals surface area contributed by atoms with E-state index in [-0.39, 0.29) is 5.92 Å². The first kappa shape index (κ1) is 15.7. The van der Waals surface area contributed by atoms with E-state index in [9.17, 15) is 18.3 Å². The highest BCUT2D eigenvalue weighted by atomic mass is 32.2. The number of hydrogen-bond donors (Lipinski definition) is 2. The van der Waals surface area contributed by atoms with Crippen LogP contribution >= 0.6 is 0 Å². The van der Waals surface area contributed by atoms with Gasteiger partial charge in [-0.3, -0.25) is 4.79 Å². The smallest absolute Gasteiger partial charge is 0.325 e. The molecule has 1 saturated heterocycles. The van der Waals surface area contributed by atoms with Crippen LogP contribution in [0.4, 0.5) is 0 Å². The number of piperidine rings is 1. The molecule has 6 nitrogen and oxygen atoms in total. The van der Waals surface area contributed by atoms with Gasteiger partial charge >= 0.3 is 5.97 Å². The molecule has 20 heavy (non-hydrogen) atoms. The highest BCUT2D eigenvalue weighted by Gasteiger charge is 2.48. The quantitative estimate of drug-likeness (QED) is 0.820. The van der Waals surface area contributed by atoms with Crippen LogP contribution in [0.1, 0.15) is 51.9 Å². The molecule has 2 aliphatic rings. The number of carboxylic acids is 1. The Kier molecular flexibility index (Phi) is 4.71. The monoisotopic (exact) mass is 304 g/mol. The number of aliphatic carboxylic acids is 1. The molecule has 0 bridgehead atoms. The Morgan fingerprint density at radius 3 is 2.40 bits per heavy atom. The van der Waals surface area contributed by atoms with Crippen LogP contribution in [0.2, 0.25) is 0 Å². The SMILES string of the molecule is CC1CCCCC1(NS(=O)(=O)N1CCCCC1)C(=O)O. The van der Waals surface area contributed by atoms with Gasteiger partial charge in [0.2, 0.25) is 0 Å². The first-order valence-corrected chi connectivity index (χ1v) is 8.85. The molecule has 0 spiro atoms. The summed E-state index contributed by atoms with van der Waals surface area (Å²) in [7, 11) is -3.72. The molecule has 2 fully saturated rings. The highest BCUT2D eigenvalue weighted by molar-refractivity contribution is 7.87. The van der Waals surface area contributed by atoms with E-state index < -0.39 is 21.7 Å². The summed E-state index contributed by atoms with van der Waals surface area (Å²) in [6, 6.07) is 0. The summed E-state index contributed by atoms with van der Waals surface area (Å²) in [5.41, 5.74) is -1.34. The van der Waals surface area contributed by atoms with Crippen LogP contribution in [0.3, 0.4) is 0 Å². The van der Waals surface area contributed by atoms with E-state index in [1.165, 1.54) is 4.31 Å². The van der Waals surface area contributed by atoms with Crippen molar-refractivity contribution in [3.05, 3.63) is 0 Å². The predicted molar refractivity (Wildman–Crippen MR) is 75.5 cm³/mol. The van der Waals surface area contributed by atoms with Gasteiger partial charge in [0.25, 0.3) is 10.2 Å². The first-order chi connectivity index (χ1) is 9.38. The molecule has 116 valence electrons. The van der Waals surface area contributed by atoms with E-state index in [0.29, 0.717) is 19.5 Å². The molecule has 2 atom stereocenters. The molecule has 1 aliphatic heterocycles. The summed E-state index contributed by atoms with van der Waals surface area (Å²) in [5, 5.41) is 9.58. The molecule has 0 aromatic heterocycles. The third-order valence-electron chi connectivity index (χ3n) is 4.65. The maximum atomic E-state index is 12.5. The summed E-state index contributed by atoms with van der Waals surface area (Å²) < 4.78 is 28.8. The lowest BCUT2D eigenvalue weighted by Crippen LogP contribution is -2.62. The molecule has 2 N–H and O–H groups in total. The Morgan fingerprint density at radius 1 is 1.20 bits per heavy atom. The largest absolute Gasteiger partial charge is 0.480 e. The van der Waals surface area contributed by atoms with Crippen LogP contribution in [0, 0.1) is 5.92 Å². The Morgan fingerprint density at radius 2 is 1.85 bits per heavy atom. The fraction of sp³-hybridized carbons (Fsp3) is 0.923. The molecule has 7 heteroatoms. The maximum Gasteiger partial charge on any atom is 0.325 e. The van der Waals surface area contributed by atoms with Gasteiger partial charge in [-0.05, 0) is 31.6 Å². The van der Waals surface area contributed by atoms with Crippen molar-refractivity contribution in [1.82, 2.24) is 9.03 Å². The third-order valence-corrected chi connectivity index (χ3v) is 6.31. The Bertz CT molecular complexity index is 459. The van der Waals surface area contributed by atoms with E-state index in [0.717, 1.165) is 38.5 Å². The van der Waals surface area contributed by atoms with Crippen molar-refractivity contribution in [3.63, 3.8) is 0 Å². The fourth-order valence-corrected chi connectivity index (χ4v) is 4.98. The number of nitrogens with zero attached hydrogens (tertiary/aromatic N) is 1. The van der Waals surface area contributed by atoms with Crippen LogP contribution in [0.5, 0.6) is 0 Å². The standard InChI is InChI=1S/C13H24N2O4S/c1-11-7-3-4-8-13(11,12(16)17)14-20(18,19)15-9-5-2-6-10-15/h11,14H,2-10H2,1H3,(H,16,17). The Hall–Kier alpha value is -0.660. The van der Waals surface area contributed by atoms with Gasteiger partial charge in [0, 0.05) is 13.1 Å². The Balaban J connectivity index is 2.21. The van der Waals surface area contributed by atoms with E-state index in [1.54, 1.807) is 0 Å². The van der Waals surface area contributed by atoms with Crippen LogP contribution in [-0.2, 0) is 15.0 Å². The minimum Gasteiger partial charge on any atom is -0.480 e. The van der Waals surface area contributed by atoms with Crippen LogP contribution in [0.15, 0.2) is 0 Å². The lowest BCUT2D eigenvalue weighted by molar-refractivity contribution is -0.147. The summed E-state index contributed by atoms with van der Waals surface area (Å²) >= 11 is 0. The van der Waals surface area contributed by atoms with Crippen LogP contribution in [0.25, 0.3) is 0 Å². The zero-order chi connectivity index (χ0) is 14.8. The summed E-state index contributed by atoms with van der Waals surface area (Å²) in [5.74, 6) is -1.24. The molecule has 2 unspecified atom stereocenters. The van der Waals surface area contributed by atoms with Gasteiger partial charge in [0.15, 0.2) is 0 Å². The second-order valence-corrected chi connectivity index (χ2v) is 7.66. The van der Waals surface area contributed by atoms with Gasteiger partial charge in [-0.1, -0.05) is 26.2 Å². The van der Waals surface area contributed by atoms with Crippen molar-refractivity contribution in [2.75, 3.05) is 13.1 Å². The summed E-state index contributed by atoms with van der Waals surface area (Å²) in [4.78, 5) is 11.7. The molecule has 0 radical (unpaired) electrons. The minimum absolute atomic E-state index is 0.187. The molecule has 1 aliphatic carbocycles. The van der Waals surface area contributed by atoms with E-state index in [4.69, 9.17) is 0 Å². The predicted octanol–water partition coefficient (Wildman–Crippen LogP) is 1.34. The van der Waals surface area contributed by atoms with E-state index in [2.05, 4.69) is 4.72 Å². The zero-order valence-electron chi connectivity index (χ0n) is 12.0. The molecule has 0 amide bonds. The number of nitrogens with one attached hydrogen (secondary N) is 1. The summed E-state index contributed by atoms with van der Waals surface area (Å²) in [6.07, 6.45) is 5.55. The fourth-order valence-electron chi connectivity index (χ4n) is 3.26. The van der Waals surface area contributed by atoms with Crippen LogP contribution in [-0.4, -0.2) is 42.4 Å². The van der Waals surface area contributed by atoms with E-state index in [1.807, 2.05) is 6.92 Å². The average molecular weight is 304 g/mol. The van der Waals surface area contributed by atoms with Crippen molar-refractivity contribution >= 4 is 16.2 Å². The van der Waals surface area contributed by atoms with Crippen LogP contribution < -0.4 is 4.72 Å². The summed E-state index contributed by atoms with van der Waals surface area (Å²) in [6.45, 7) is 2.80. The third kappa shape index (κ3) is 2.99. The van der Waals surface area contributed by atoms with Gasteiger partial charge < -0.3 is 5.11 Å². The lowest BCUT2D eigenvalue weighted by atomic mass is 9.74. The maximum absolute atomic E-state index is 12.5. The molecule has 1 saturated carbocycles. The van der Waals surface area contributed by atoms with Gasteiger partial charge in [0.05, 0.1) is 0 Å². The molecule has 0 aromatic rings. The molecular formula is C13H24N2O4S. The molecular weight excluding hydrogens is 280 g/mol. The Labute approximate surface area is 120 Å². The van der Waals surface area contributed by atoms with Gasteiger partial charge in [-0.15, -0.1) is 0 Å². The van der Waals surface area contributed by atoms with Crippen molar-refractivity contribution in [3.8, 4) is 0 Å². The molecule has 2 rings (SSSR count). The minimum atomic E-state index is -3.72. The van der Waals surface area contributed by atoms with Gasteiger partial charge in [-0.25, -0.2) is 0 Å². The number of hydrogen-bond acceptors (Lipinski definition) is 3. The number of carbonyl (C=O) groups is 1. The highest BCUT2D eigenvalue weighted by Crippen LogP contribution is 2.35.